The summed E-state index contributed by atoms with van der Waals surface area (Å²) in [7, 11) is 0. The molecule has 266 valence electrons. The van der Waals surface area contributed by atoms with Crippen LogP contribution in [0.2, 0.25) is 0 Å². The number of cyclic esters (lactones) is 1. The molecule has 3 aliphatic rings. The van der Waals surface area contributed by atoms with Gasteiger partial charge in [-0.05, 0) is 70.8 Å². The predicted molar refractivity (Wildman–Crippen MR) is 184 cm³/mol. The van der Waals surface area contributed by atoms with Crippen LogP contribution in [-0.4, -0.2) is 59.8 Å². The third kappa shape index (κ3) is 15.2. The Hall–Kier alpha value is -1.44. The van der Waals surface area contributed by atoms with Gasteiger partial charge in [0, 0.05) is 12.5 Å². The first-order valence-corrected chi connectivity index (χ1v) is 19.4. The predicted octanol–water partition coefficient (Wildman–Crippen LogP) is 9.46. The molecule has 3 rings (SSSR count). The van der Waals surface area contributed by atoms with Crippen molar-refractivity contribution >= 4 is 11.9 Å². The van der Waals surface area contributed by atoms with Gasteiger partial charge in [-0.1, -0.05) is 110 Å². The Morgan fingerprint density at radius 3 is 1.80 bits per heavy atom. The SMILES string of the molecule is CCCCCCCCCC[C@H](OC(C)=O)[C@H]1CCC([C@H]2CCC([C@H](O)CCCCCCCCCCCCC3=C[C@H](C)OC3=O)O2)O1. The molecule has 46 heavy (non-hydrogen) atoms. The van der Waals surface area contributed by atoms with Crippen molar-refractivity contribution in [2.75, 3.05) is 0 Å². The van der Waals surface area contributed by atoms with Crippen LogP contribution in [0.4, 0.5) is 0 Å². The van der Waals surface area contributed by atoms with Gasteiger partial charge in [-0.2, -0.15) is 0 Å². The smallest absolute Gasteiger partial charge is 0.334 e. The van der Waals surface area contributed by atoms with E-state index in [1.54, 1.807) is 0 Å². The summed E-state index contributed by atoms with van der Waals surface area (Å²) in [5.41, 5.74) is 0.864. The second-order valence-electron chi connectivity index (χ2n) is 14.4. The Balaban J connectivity index is 1.18. The minimum atomic E-state index is -0.400. The van der Waals surface area contributed by atoms with E-state index in [4.69, 9.17) is 18.9 Å². The number of aliphatic hydroxyl groups excluding tert-OH is 1. The van der Waals surface area contributed by atoms with Crippen molar-refractivity contribution in [3.05, 3.63) is 11.6 Å². The normalized spacial score (nSPS) is 25.9. The Bertz CT molecular complexity index is 872. The van der Waals surface area contributed by atoms with E-state index in [-0.39, 0.29) is 48.6 Å². The van der Waals surface area contributed by atoms with E-state index in [9.17, 15) is 14.7 Å². The number of ether oxygens (including phenoxy) is 4. The van der Waals surface area contributed by atoms with Crippen molar-refractivity contribution in [2.45, 2.75) is 224 Å². The van der Waals surface area contributed by atoms with Crippen LogP contribution in [0.5, 0.6) is 0 Å². The highest BCUT2D eigenvalue weighted by Crippen LogP contribution is 2.35. The fraction of sp³-hybridized carbons (Fsp3) is 0.897. The Kier molecular flexibility index (Phi) is 19.5. The molecule has 7 nitrogen and oxygen atoms in total. The zero-order valence-corrected chi connectivity index (χ0v) is 29.7. The van der Waals surface area contributed by atoms with E-state index < -0.39 is 6.10 Å². The molecule has 0 saturated carbocycles. The molecule has 7 heteroatoms. The van der Waals surface area contributed by atoms with Crippen molar-refractivity contribution in [3.63, 3.8) is 0 Å². The highest BCUT2D eigenvalue weighted by atomic mass is 16.6. The quantitative estimate of drug-likeness (QED) is 0.0738. The number of unbranched alkanes of at least 4 members (excludes halogenated alkanes) is 16. The Morgan fingerprint density at radius 2 is 1.26 bits per heavy atom. The second-order valence-corrected chi connectivity index (χ2v) is 14.4. The van der Waals surface area contributed by atoms with Crippen molar-refractivity contribution < 1.29 is 33.6 Å². The van der Waals surface area contributed by atoms with E-state index in [0.717, 1.165) is 69.8 Å². The largest absolute Gasteiger partial charge is 0.460 e. The van der Waals surface area contributed by atoms with Crippen LogP contribution in [0.15, 0.2) is 11.6 Å². The number of hydrogen-bond donors (Lipinski definition) is 1. The summed E-state index contributed by atoms with van der Waals surface area (Å²) in [6, 6.07) is 0. The van der Waals surface area contributed by atoms with Gasteiger partial charge in [-0.25, -0.2) is 4.79 Å². The Labute approximate surface area is 280 Å². The highest BCUT2D eigenvalue weighted by molar-refractivity contribution is 5.90. The van der Waals surface area contributed by atoms with Crippen LogP contribution in [0.25, 0.3) is 0 Å². The first-order chi connectivity index (χ1) is 22.4. The third-order valence-corrected chi connectivity index (χ3v) is 10.3. The zero-order chi connectivity index (χ0) is 33.0. The van der Waals surface area contributed by atoms with Crippen molar-refractivity contribution in [2.24, 2.45) is 0 Å². The molecule has 0 aromatic rings. The first kappa shape index (κ1) is 39.0. The van der Waals surface area contributed by atoms with Gasteiger partial charge in [0.15, 0.2) is 0 Å². The van der Waals surface area contributed by atoms with E-state index in [1.165, 1.54) is 103 Å². The zero-order valence-electron chi connectivity index (χ0n) is 29.7. The maximum absolute atomic E-state index is 11.8. The van der Waals surface area contributed by atoms with Crippen LogP contribution in [0.3, 0.4) is 0 Å². The molecule has 3 aliphatic heterocycles. The number of rotatable bonds is 26. The molecule has 2 fully saturated rings. The molecule has 0 aromatic heterocycles. The van der Waals surface area contributed by atoms with Crippen molar-refractivity contribution in [3.8, 4) is 0 Å². The maximum atomic E-state index is 11.8. The lowest BCUT2D eigenvalue weighted by Gasteiger charge is -2.26. The average Bonchev–Trinajstić information content (AvgIpc) is 3.78. The van der Waals surface area contributed by atoms with Gasteiger partial charge in [-0.3, -0.25) is 4.79 Å². The molecule has 0 aromatic carbocycles. The number of carbonyl (C=O) groups excluding carboxylic acids is 2. The number of carbonyl (C=O) groups is 2. The van der Waals surface area contributed by atoms with Crippen LogP contribution >= 0.6 is 0 Å². The highest BCUT2D eigenvalue weighted by Gasteiger charge is 2.41. The topological polar surface area (TPSA) is 91.3 Å². The van der Waals surface area contributed by atoms with Gasteiger partial charge < -0.3 is 24.1 Å². The average molecular weight is 649 g/mol. The van der Waals surface area contributed by atoms with Gasteiger partial charge in [0.25, 0.3) is 0 Å². The molecule has 0 bridgehead atoms. The molecule has 2 saturated heterocycles. The van der Waals surface area contributed by atoms with Crippen LogP contribution in [0, 0.1) is 0 Å². The van der Waals surface area contributed by atoms with Gasteiger partial charge >= 0.3 is 11.9 Å². The lowest BCUT2D eigenvalue weighted by atomic mass is 10.00. The standard InChI is InChI=1S/C39H68O7/c1-4-5-6-7-8-15-18-21-24-35(44-31(3)40)36-27-28-38(46-36)37-26-25-34(45-37)33(41)23-20-17-14-12-10-9-11-13-16-19-22-32-29-30(2)43-39(32)42/h29-30,33-38,41H,4-28H2,1-3H3/t30-,33+,34?,35-,36+,37+,38?/m0/s1. The first-order valence-electron chi connectivity index (χ1n) is 19.4. The van der Waals surface area contributed by atoms with Crippen molar-refractivity contribution in [1.29, 1.82) is 0 Å². The summed E-state index contributed by atoms with van der Waals surface area (Å²) >= 11 is 0. The summed E-state index contributed by atoms with van der Waals surface area (Å²) in [6.45, 7) is 5.67. The maximum Gasteiger partial charge on any atom is 0.334 e. The molecule has 0 radical (unpaired) electrons. The van der Waals surface area contributed by atoms with Gasteiger partial charge in [-0.15, -0.1) is 0 Å². The molecule has 7 atom stereocenters. The molecule has 1 N–H and O–H groups in total. The van der Waals surface area contributed by atoms with Crippen molar-refractivity contribution in [1.82, 2.24) is 0 Å². The van der Waals surface area contributed by atoms with Gasteiger partial charge in [0.2, 0.25) is 0 Å². The minimum Gasteiger partial charge on any atom is -0.460 e. The summed E-state index contributed by atoms with van der Waals surface area (Å²) in [5.74, 6) is -0.342. The van der Waals surface area contributed by atoms with Crippen LogP contribution in [0.1, 0.15) is 181 Å². The number of hydrogen-bond acceptors (Lipinski definition) is 7. The molecule has 3 heterocycles. The summed E-state index contributed by atoms with van der Waals surface area (Å²) in [5, 5.41) is 10.8. The van der Waals surface area contributed by atoms with E-state index in [1.807, 2.05) is 13.0 Å². The molecule has 0 aliphatic carbocycles. The lowest BCUT2D eigenvalue weighted by Crippen LogP contribution is -2.34. The van der Waals surface area contributed by atoms with Crippen LogP contribution < -0.4 is 0 Å². The van der Waals surface area contributed by atoms with E-state index in [2.05, 4.69) is 6.92 Å². The van der Waals surface area contributed by atoms with Crippen LogP contribution in [-0.2, 0) is 28.5 Å². The summed E-state index contributed by atoms with van der Waals surface area (Å²) < 4.78 is 23.7. The molecule has 0 amide bonds. The number of aliphatic hydroxyl groups is 1. The number of esters is 2. The summed E-state index contributed by atoms with van der Waals surface area (Å²) in [4.78, 5) is 23.5. The molecular weight excluding hydrogens is 580 g/mol. The fourth-order valence-electron chi connectivity index (χ4n) is 7.58. The molecule has 0 spiro atoms. The second kappa shape index (κ2) is 23.0. The van der Waals surface area contributed by atoms with E-state index in [0.29, 0.717) is 0 Å². The van der Waals surface area contributed by atoms with E-state index >= 15 is 0 Å². The third-order valence-electron chi connectivity index (χ3n) is 10.3. The molecule has 2 unspecified atom stereocenters. The Morgan fingerprint density at radius 1 is 0.761 bits per heavy atom. The van der Waals surface area contributed by atoms with Gasteiger partial charge in [0.1, 0.15) is 12.2 Å². The molecular formula is C39H68O7. The van der Waals surface area contributed by atoms with Gasteiger partial charge in [0.05, 0.1) is 30.5 Å². The fourth-order valence-corrected chi connectivity index (χ4v) is 7.58. The minimum absolute atomic E-state index is 0.0331. The lowest BCUT2D eigenvalue weighted by molar-refractivity contribution is -0.158. The monoisotopic (exact) mass is 648 g/mol. The summed E-state index contributed by atoms with van der Waals surface area (Å²) in [6.07, 6.45) is 29.6.